The van der Waals surface area contributed by atoms with Gasteiger partial charge >= 0.3 is 6.18 Å². The zero-order valence-electron chi connectivity index (χ0n) is 17.7. The van der Waals surface area contributed by atoms with Crippen LogP contribution in [-0.2, 0) is 12.7 Å². The summed E-state index contributed by atoms with van der Waals surface area (Å²) >= 11 is 0. The molecule has 3 rings (SSSR count). The van der Waals surface area contributed by atoms with Crippen LogP contribution >= 0.6 is 0 Å². The van der Waals surface area contributed by atoms with Crippen molar-refractivity contribution in [3.05, 3.63) is 53.6 Å². The lowest BCUT2D eigenvalue weighted by Gasteiger charge is -2.19. The van der Waals surface area contributed by atoms with Crippen molar-refractivity contribution >= 4 is 0 Å². The van der Waals surface area contributed by atoms with Gasteiger partial charge in [0.05, 0.1) is 18.3 Å². The highest BCUT2D eigenvalue weighted by atomic mass is 19.4. The van der Waals surface area contributed by atoms with E-state index in [2.05, 4.69) is 10.1 Å². The van der Waals surface area contributed by atoms with Gasteiger partial charge in [-0.2, -0.15) is 18.2 Å². The molecule has 0 spiro atoms. The maximum Gasteiger partial charge on any atom is 0.419 e. The lowest BCUT2D eigenvalue weighted by Crippen LogP contribution is -2.30. The van der Waals surface area contributed by atoms with Crippen LogP contribution in [0.1, 0.15) is 11.1 Å². The maximum absolute atomic E-state index is 13.4. The van der Waals surface area contributed by atoms with Crippen LogP contribution in [0.15, 0.2) is 47.0 Å². The van der Waals surface area contributed by atoms with Crippen LogP contribution in [0.3, 0.4) is 0 Å². The molecule has 0 radical (unpaired) electrons. The number of hydrogen-bond acceptors (Lipinski definition) is 7. The predicted octanol–water partition coefficient (Wildman–Crippen LogP) is 3.56. The standard InChI is InChI=1S/C22H23F4N3O4/c1-29(12-17(31)13-30)11-14-2-4-15(5-3-14)20-27-21(33-28-20)16-6-7-19(32-9-8-23)18(10-16)22(24,25)26/h2-7,10,17,30-31H,8-9,11-13H2,1H3. The van der Waals surface area contributed by atoms with E-state index in [0.717, 1.165) is 17.7 Å². The second kappa shape index (κ2) is 10.7. The zero-order valence-corrected chi connectivity index (χ0v) is 17.7. The lowest BCUT2D eigenvalue weighted by molar-refractivity contribution is -0.138. The van der Waals surface area contributed by atoms with Crippen molar-refractivity contribution in [2.75, 3.05) is 33.5 Å². The van der Waals surface area contributed by atoms with E-state index in [4.69, 9.17) is 14.4 Å². The Balaban J connectivity index is 1.77. The summed E-state index contributed by atoms with van der Waals surface area (Å²) in [5.41, 5.74) is 0.530. The fourth-order valence-corrected chi connectivity index (χ4v) is 3.17. The van der Waals surface area contributed by atoms with Crippen molar-refractivity contribution in [1.82, 2.24) is 15.0 Å². The summed E-state index contributed by atoms with van der Waals surface area (Å²) in [5.74, 6) is -0.378. The molecular formula is C22H23F4N3O4. The number of benzene rings is 2. The Hall–Kier alpha value is -3.02. The van der Waals surface area contributed by atoms with E-state index < -0.39 is 36.9 Å². The largest absolute Gasteiger partial charge is 0.490 e. The molecule has 33 heavy (non-hydrogen) atoms. The number of likely N-dealkylation sites (N-methyl/N-ethyl adjacent to an activating group) is 1. The van der Waals surface area contributed by atoms with Crippen LogP contribution in [-0.4, -0.2) is 64.8 Å². The topological polar surface area (TPSA) is 91.9 Å². The van der Waals surface area contributed by atoms with E-state index in [-0.39, 0.29) is 23.9 Å². The first-order valence-corrected chi connectivity index (χ1v) is 10.0. The van der Waals surface area contributed by atoms with Crippen molar-refractivity contribution in [1.29, 1.82) is 0 Å². The Morgan fingerprint density at radius 2 is 1.82 bits per heavy atom. The van der Waals surface area contributed by atoms with Gasteiger partial charge in [0.1, 0.15) is 19.0 Å². The summed E-state index contributed by atoms with van der Waals surface area (Å²) < 4.78 is 62.5. The quantitative estimate of drug-likeness (QED) is 0.439. The Morgan fingerprint density at radius 1 is 1.12 bits per heavy atom. The molecule has 0 fully saturated rings. The molecule has 0 aliphatic heterocycles. The molecular weight excluding hydrogens is 446 g/mol. The Bertz CT molecular complexity index is 1040. The van der Waals surface area contributed by atoms with Crippen LogP contribution in [0.5, 0.6) is 5.75 Å². The maximum atomic E-state index is 13.4. The molecule has 0 amide bonds. The molecule has 2 aromatic carbocycles. The normalized spacial score (nSPS) is 12.8. The predicted molar refractivity (Wildman–Crippen MR) is 111 cm³/mol. The van der Waals surface area contributed by atoms with Gasteiger partial charge in [0.15, 0.2) is 0 Å². The Morgan fingerprint density at radius 3 is 2.45 bits per heavy atom. The van der Waals surface area contributed by atoms with Gasteiger partial charge in [-0.3, -0.25) is 4.90 Å². The van der Waals surface area contributed by atoms with Gasteiger partial charge in [0.2, 0.25) is 5.82 Å². The second-order valence-corrected chi connectivity index (χ2v) is 7.40. The van der Waals surface area contributed by atoms with Crippen molar-refractivity contribution in [3.63, 3.8) is 0 Å². The van der Waals surface area contributed by atoms with Gasteiger partial charge in [0, 0.05) is 24.2 Å². The third-order valence-corrected chi connectivity index (χ3v) is 4.69. The highest BCUT2D eigenvalue weighted by Gasteiger charge is 2.35. The Kier molecular flexibility index (Phi) is 8.01. The molecule has 1 heterocycles. The molecule has 2 N–H and O–H groups in total. The number of aliphatic hydroxyl groups excluding tert-OH is 2. The van der Waals surface area contributed by atoms with Crippen LogP contribution < -0.4 is 4.74 Å². The Labute approximate surface area is 187 Å². The van der Waals surface area contributed by atoms with Gasteiger partial charge < -0.3 is 19.5 Å². The minimum absolute atomic E-state index is 0.0503. The van der Waals surface area contributed by atoms with Crippen molar-refractivity contribution in [2.24, 2.45) is 0 Å². The van der Waals surface area contributed by atoms with Crippen LogP contribution in [0.25, 0.3) is 22.8 Å². The average molecular weight is 469 g/mol. The lowest BCUT2D eigenvalue weighted by atomic mass is 10.1. The van der Waals surface area contributed by atoms with Crippen LogP contribution in [0.2, 0.25) is 0 Å². The summed E-state index contributed by atoms with van der Waals surface area (Å²) in [6.45, 7) is -0.871. The van der Waals surface area contributed by atoms with E-state index in [1.54, 1.807) is 19.2 Å². The number of aliphatic hydroxyl groups is 2. The van der Waals surface area contributed by atoms with Crippen molar-refractivity contribution in [2.45, 2.75) is 18.8 Å². The molecule has 0 saturated carbocycles. The molecule has 7 nitrogen and oxygen atoms in total. The molecule has 0 saturated heterocycles. The van der Waals surface area contributed by atoms with Gasteiger partial charge in [0.25, 0.3) is 5.89 Å². The van der Waals surface area contributed by atoms with E-state index in [9.17, 15) is 22.7 Å². The summed E-state index contributed by atoms with van der Waals surface area (Å²) in [6, 6.07) is 10.4. The third-order valence-electron chi connectivity index (χ3n) is 4.69. The number of alkyl halides is 4. The van der Waals surface area contributed by atoms with E-state index in [1.807, 2.05) is 17.0 Å². The minimum atomic E-state index is -4.71. The third kappa shape index (κ3) is 6.50. The molecule has 0 aliphatic rings. The van der Waals surface area contributed by atoms with Crippen LogP contribution in [0, 0.1) is 0 Å². The van der Waals surface area contributed by atoms with Crippen LogP contribution in [0.4, 0.5) is 17.6 Å². The van der Waals surface area contributed by atoms with E-state index in [0.29, 0.717) is 18.7 Å². The van der Waals surface area contributed by atoms with Crippen molar-refractivity contribution < 1.29 is 37.0 Å². The summed E-state index contributed by atoms with van der Waals surface area (Å²) in [4.78, 5) is 6.04. The average Bonchev–Trinajstić information content (AvgIpc) is 3.27. The first-order chi connectivity index (χ1) is 15.7. The molecule has 11 heteroatoms. The molecule has 3 aromatic rings. The molecule has 1 unspecified atom stereocenters. The monoisotopic (exact) mass is 469 g/mol. The SMILES string of the molecule is CN(Cc1ccc(-c2noc(-c3ccc(OCCF)c(C(F)(F)F)c3)n2)cc1)CC(O)CO. The first kappa shape index (κ1) is 24.6. The van der Waals surface area contributed by atoms with Gasteiger partial charge in [-0.25, -0.2) is 4.39 Å². The first-order valence-electron chi connectivity index (χ1n) is 10.0. The molecule has 1 aromatic heterocycles. The number of nitrogens with zero attached hydrogens (tertiary/aromatic N) is 3. The van der Waals surface area contributed by atoms with Gasteiger partial charge in [-0.05, 0) is 30.8 Å². The number of hydrogen-bond donors (Lipinski definition) is 2. The number of ether oxygens (including phenoxy) is 1. The number of halogens is 4. The minimum Gasteiger partial charge on any atom is -0.490 e. The van der Waals surface area contributed by atoms with Crippen molar-refractivity contribution in [3.8, 4) is 28.6 Å². The number of aromatic nitrogens is 2. The molecule has 0 bridgehead atoms. The highest BCUT2D eigenvalue weighted by Crippen LogP contribution is 2.38. The highest BCUT2D eigenvalue weighted by molar-refractivity contribution is 5.62. The molecule has 178 valence electrons. The number of rotatable bonds is 10. The van der Waals surface area contributed by atoms with Gasteiger partial charge in [-0.15, -0.1) is 0 Å². The summed E-state index contributed by atoms with van der Waals surface area (Å²) in [5, 5.41) is 22.3. The fourth-order valence-electron chi connectivity index (χ4n) is 3.17. The second-order valence-electron chi connectivity index (χ2n) is 7.40. The summed E-state index contributed by atoms with van der Waals surface area (Å²) in [7, 11) is 1.81. The fraction of sp³-hybridized carbons (Fsp3) is 0.364. The molecule has 0 aliphatic carbocycles. The van der Waals surface area contributed by atoms with Gasteiger partial charge in [-0.1, -0.05) is 29.4 Å². The van der Waals surface area contributed by atoms with E-state index in [1.165, 1.54) is 6.07 Å². The smallest absolute Gasteiger partial charge is 0.419 e. The van der Waals surface area contributed by atoms with E-state index >= 15 is 0 Å². The zero-order chi connectivity index (χ0) is 24.0. The summed E-state index contributed by atoms with van der Waals surface area (Å²) in [6.07, 6.45) is -5.53. The molecule has 1 atom stereocenters.